The van der Waals surface area contributed by atoms with Crippen LogP contribution in [0.2, 0.25) is 0 Å². The van der Waals surface area contributed by atoms with E-state index in [1.165, 1.54) is 28.6 Å². The van der Waals surface area contributed by atoms with Crippen LogP contribution in [-0.2, 0) is 11.8 Å². The summed E-state index contributed by atoms with van der Waals surface area (Å²) in [5.41, 5.74) is 3.12. The molecule has 0 atom stereocenters. The summed E-state index contributed by atoms with van der Waals surface area (Å²) in [5.74, 6) is 0.536. The predicted molar refractivity (Wildman–Crippen MR) is 148 cm³/mol. The number of allylic oxidation sites excluding steroid dienone is 1. The number of carbonyl (C=O) groups excluding carboxylic acids is 1. The van der Waals surface area contributed by atoms with E-state index in [0.29, 0.717) is 47.5 Å². The summed E-state index contributed by atoms with van der Waals surface area (Å²) < 4.78 is 16.0. The molecule has 3 rings (SSSR count). The highest BCUT2D eigenvalue weighted by molar-refractivity contribution is 8.03. The largest absolute Gasteiger partial charge is 0.381 e. The van der Waals surface area contributed by atoms with Crippen LogP contribution in [0.25, 0.3) is 11.0 Å². The van der Waals surface area contributed by atoms with Crippen molar-refractivity contribution in [2.75, 3.05) is 24.2 Å². The van der Waals surface area contributed by atoms with E-state index >= 15 is 0 Å². The van der Waals surface area contributed by atoms with E-state index in [2.05, 4.69) is 27.2 Å². The zero-order chi connectivity index (χ0) is 26.2. The van der Waals surface area contributed by atoms with Gasteiger partial charge in [-0.25, -0.2) is 4.39 Å². The number of hydrogen-bond donors (Lipinski definition) is 2. The van der Waals surface area contributed by atoms with Crippen molar-refractivity contribution in [3.8, 4) is 0 Å². The lowest BCUT2D eigenvalue weighted by atomic mass is 9.86. The van der Waals surface area contributed by atoms with Crippen LogP contribution in [0.15, 0.2) is 51.4 Å². The molecule has 0 saturated heterocycles. The molecule has 0 radical (unpaired) electrons. The molecule has 9 heteroatoms. The van der Waals surface area contributed by atoms with Crippen molar-refractivity contribution in [3.63, 3.8) is 0 Å². The number of aryl methyl sites for hydroxylation is 1. The van der Waals surface area contributed by atoms with E-state index in [4.69, 9.17) is 0 Å². The van der Waals surface area contributed by atoms with Gasteiger partial charge in [0.05, 0.1) is 28.7 Å². The van der Waals surface area contributed by atoms with Gasteiger partial charge in [-0.05, 0) is 64.0 Å². The number of pyridine rings is 2. The molecule has 36 heavy (non-hydrogen) atoms. The van der Waals surface area contributed by atoms with Crippen LogP contribution in [0.1, 0.15) is 46.5 Å². The smallest absolute Gasteiger partial charge is 0.250 e. The Morgan fingerprint density at radius 1 is 1.28 bits per heavy atom. The van der Waals surface area contributed by atoms with Crippen LogP contribution in [-0.4, -0.2) is 45.9 Å². The molecule has 0 bridgehead atoms. The molecule has 2 N–H and O–H groups in total. The lowest BCUT2D eigenvalue weighted by Gasteiger charge is -2.29. The van der Waals surface area contributed by atoms with Crippen LogP contribution >= 0.6 is 11.8 Å². The van der Waals surface area contributed by atoms with Gasteiger partial charge >= 0.3 is 0 Å². The second kappa shape index (κ2) is 13.0. The molecule has 2 heterocycles. The summed E-state index contributed by atoms with van der Waals surface area (Å²) >= 11 is 1.47. The number of halogens is 1. The lowest BCUT2D eigenvalue weighted by Crippen LogP contribution is -2.37. The molecule has 1 aliphatic rings. The van der Waals surface area contributed by atoms with Gasteiger partial charge < -0.3 is 15.2 Å². The highest BCUT2D eigenvalue weighted by Gasteiger charge is 2.22. The van der Waals surface area contributed by atoms with Crippen LogP contribution < -0.4 is 16.2 Å². The number of rotatable bonds is 11. The number of Topliss-reactive ketones (excluding diaryl/α,β-unsaturated/α-hetero) is 1. The Bertz CT molecular complexity index is 1230. The SMILES string of the molecule is C=C(C)/C(=C\N=C(C)CNC1CCC(CNc2c(F)cnc3ccc(=O)n(C)c23)CC1)SCC(C)=O. The highest BCUT2D eigenvalue weighted by Crippen LogP contribution is 2.28. The lowest BCUT2D eigenvalue weighted by molar-refractivity contribution is -0.114. The number of hydrogen-bond acceptors (Lipinski definition) is 7. The molecule has 2 aromatic heterocycles. The van der Waals surface area contributed by atoms with Gasteiger partial charge in [0.25, 0.3) is 5.56 Å². The van der Waals surface area contributed by atoms with Crippen molar-refractivity contribution in [1.29, 1.82) is 0 Å². The number of carbonyl (C=O) groups is 1. The number of nitrogens with one attached hydrogen (secondary N) is 2. The van der Waals surface area contributed by atoms with Gasteiger partial charge in [0.1, 0.15) is 5.78 Å². The zero-order valence-corrected chi connectivity index (χ0v) is 22.4. The molecule has 2 aromatic rings. The molecule has 0 aliphatic heterocycles. The van der Waals surface area contributed by atoms with E-state index in [1.54, 1.807) is 26.2 Å². The molecule has 7 nitrogen and oxygen atoms in total. The number of aliphatic imine (C=N–C) groups is 1. The Morgan fingerprint density at radius 2 is 2.00 bits per heavy atom. The Kier molecular flexibility index (Phi) is 10.0. The van der Waals surface area contributed by atoms with Crippen LogP contribution in [0.3, 0.4) is 0 Å². The second-order valence-electron chi connectivity index (χ2n) is 9.55. The molecule has 0 amide bonds. The number of fused-ring (bicyclic) bond motifs is 1. The van der Waals surface area contributed by atoms with Gasteiger partial charge in [0.2, 0.25) is 0 Å². The van der Waals surface area contributed by atoms with E-state index in [-0.39, 0.29) is 11.3 Å². The first kappa shape index (κ1) is 27.8. The fourth-order valence-corrected chi connectivity index (χ4v) is 5.00. The molecule has 0 spiro atoms. The molecule has 194 valence electrons. The van der Waals surface area contributed by atoms with E-state index in [9.17, 15) is 14.0 Å². The maximum Gasteiger partial charge on any atom is 0.250 e. The normalized spacial score (nSPS) is 18.9. The summed E-state index contributed by atoms with van der Waals surface area (Å²) in [4.78, 5) is 32.9. The van der Waals surface area contributed by atoms with Crippen molar-refractivity contribution in [3.05, 3.63) is 57.8 Å². The molecule has 0 aromatic carbocycles. The van der Waals surface area contributed by atoms with E-state index in [1.807, 2.05) is 13.8 Å². The fraction of sp³-hybridized carbons (Fsp3) is 0.481. The van der Waals surface area contributed by atoms with Crippen LogP contribution in [0, 0.1) is 11.7 Å². The minimum absolute atomic E-state index is 0.130. The number of anilines is 1. The quantitative estimate of drug-likeness (QED) is 0.330. The summed E-state index contributed by atoms with van der Waals surface area (Å²) in [6.45, 7) is 10.8. The minimum Gasteiger partial charge on any atom is -0.381 e. The van der Waals surface area contributed by atoms with E-state index < -0.39 is 5.82 Å². The first-order valence-electron chi connectivity index (χ1n) is 12.3. The first-order valence-corrected chi connectivity index (χ1v) is 13.3. The topological polar surface area (TPSA) is 88.4 Å². The predicted octanol–water partition coefficient (Wildman–Crippen LogP) is 4.83. The third-order valence-electron chi connectivity index (χ3n) is 6.40. The zero-order valence-electron chi connectivity index (χ0n) is 21.6. The number of aromatic nitrogens is 2. The number of ketones is 1. The van der Waals surface area contributed by atoms with Crippen LogP contribution in [0.5, 0.6) is 0 Å². The van der Waals surface area contributed by atoms with Gasteiger partial charge in [0, 0.05) is 49.1 Å². The van der Waals surface area contributed by atoms with Gasteiger partial charge in [-0.1, -0.05) is 6.58 Å². The molecular weight excluding hydrogens is 477 g/mol. The van der Waals surface area contributed by atoms with Gasteiger partial charge in [-0.2, -0.15) is 0 Å². The molecule has 1 aliphatic carbocycles. The van der Waals surface area contributed by atoms with Crippen LogP contribution in [0.4, 0.5) is 10.1 Å². The number of nitrogens with zero attached hydrogens (tertiary/aromatic N) is 3. The van der Waals surface area contributed by atoms with Crippen molar-refractivity contribution in [1.82, 2.24) is 14.9 Å². The van der Waals surface area contributed by atoms with Crippen molar-refractivity contribution >= 4 is 40.0 Å². The monoisotopic (exact) mass is 513 g/mol. The summed E-state index contributed by atoms with van der Waals surface area (Å²) in [7, 11) is 1.64. The number of thioether (sulfide) groups is 1. The summed E-state index contributed by atoms with van der Waals surface area (Å²) in [5, 5.41) is 6.86. The Labute approximate surface area is 216 Å². The van der Waals surface area contributed by atoms with E-state index in [0.717, 1.165) is 41.9 Å². The minimum atomic E-state index is -0.447. The van der Waals surface area contributed by atoms with Crippen molar-refractivity contribution < 1.29 is 9.18 Å². The summed E-state index contributed by atoms with van der Waals surface area (Å²) in [6, 6.07) is 3.49. The standard InChI is InChI=1S/C27H36FN5O2S/c1-17(2)24(36-16-19(4)34)15-29-18(3)12-30-21-8-6-20(7-9-21)13-32-26-22(28)14-31-23-10-11-25(35)33(5)27(23)26/h10-11,14-15,20-21,30H,1,6-9,12-13,16H2,2-5H3,(H,31,32)/b24-15+,29-18?. The molecular formula is C27H36FN5O2S. The Morgan fingerprint density at radius 3 is 2.67 bits per heavy atom. The van der Waals surface area contributed by atoms with Crippen molar-refractivity contribution in [2.45, 2.75) is 52.5 Å². The third-order valence-corrected chi connectivity index (χ3v) is 7.72. The molecule has 0 unspecified atom stereocenters. The Balaban J connectivity index is 1.50. The average Bonchev–Trinajstić information content (AvgIpc) is 2.84. The average molecular weight is 514 g/mol. The molecule has 1 fully saturated rings. The third kappa shape index (κ3) is 7.61. The Hall–Kier alpha value is -2.78. The summed E-state index contributed by atoms with van der Waals surface area (Å²) in [6.07, 6.45) is 7.15. The van der Waals surface area contributed by atoms with Gasteiger partial charge in [-0.3, -0.25) is 19.6 Å². The van der Waals surface area contributed by atoms with Gasteiger partial charge in [-0.15, -0.1) is 11.8 Å². The first-order chi connectivity index (χ1) is 17.2. The maximum atomic E-state index is 14.6. The van der Waals surface area contributed by atoms with Gasteiger partial charge in [0.15, 0.2) is 5.82 Å². The second-order valence-corrected chi connectivity index (χ2v) is 10.6. The van der Waals surface area contributed by atoms with Crippen molar-refractivity contribution in [2.24, 2.45) is 18.0 Å². The molecule has 1 saturated carbocycles. The maximum absolute atomic E-state index is 14.6. The fourth-order valence-electron chi connectivity index (χ4n) is 4.27. The highest BCUT2D eigenvalue weighted by atomic mass is 32.2.